The third-order valence-corrected chi connectivity index (χ3v) is 2.68. The van der Waals surface area contributed by atoms with Gasteiger partial charge in [0.25, 0.3) is 0 Å². The summed E-state index contributed by atoms with van der Waals surface area (Å²) in [5.74, 6) is -0.0969. The summed E-state index contributed by atoms with van der Waals surface area (Å²) < 4.78 is 11.1. The molecule has 1 aromatic carbocycles. The van der Waals surface area contributed by atoms with E-state index in [1.807, 2.05) is 0 Å². The molecule has 1 saturated heterocycles. The van der Waals surface area contributed by atoms with Crippen LogP contribution >= 0.6 is 0 Å². The molecule has 1 heterocycles. The zero-order chi connectivity index (χ0) is 12.1. The van der Waals surface area contributed by atoms with Crippen molar-refractivity contribution in [3.63, 3.8) is 0 Å². The van der Waals surface area contributed by atoms with Crippen LogP contribution in [0.1, 0.15) is 24.8 Å². The van der Waals surface area contributed by atoms with E-state index in [0.29, 0.717) is 0 Å². The summed E-state index contributed by atoms with van der Waals surface area (Å²) in [4.78, 5) is 10.5. The average Bonchev–Trinajstić information content (AvgIpc) is 2.32. The van der Waals surface area contributed by atoms with Crippen LogP contribution in [0.5, 0.6) is 5.75 Å². The van der Waals surface area contributed by atoms with Crippen LogP contribution in [0.25, 0.3) is 0 Å². The molecule has 1 fully saturated rings. The molecule has 1 atom stereocenters. The number of aliphatic carboxylic acids is 1. The summed E-state index contributed by atoms with van der Waals surface area (Å²) in [6, 6.07) is 7.12. The molecule has 0 aliphatic carbocycles. The van der Waals surface area contributed by atoms with E-state index in [4.69, 9.17) is 14.6 Å². The normalized spacial score (nSPS) is 19.9. The molecule has 0 radical (unpaired) electrons. The molecule has 0 aromatic heterocycles. The van der Waals surface area contributed by atoms with Crippen molar-refractivity contribution in [2.45, 2.75) is 32.0 Å². The van der Waals surface area contributed by atoms with E-state index in [1.54, 1.807) is 24.3 Å². The number of carbonyl (C=O) groups is 1. The van der Waals surface area contributed by atoms with Gasteiger partial charge >= 0.3 is 5.97 Å². The van der Waals surface area contributed by atoms with Gasteiger partial charge in [0.15, 0.2) is 6.29 Å². The van der Waals surface area contributed by atoms with Gasteiger partial charge in [0, 0.05) is 6.42 Å². The number of carboxylic acids is 1. The van der Waals surface area contributed by atoms with Crippen molar-refractivity contribution in [2.75, 3.05) is 6.61 Å². The van der Waals surface area contributed by atoms with Gasteiger partial charge in [-0.15, -0.1) is 0 Å². The molecule has 1 N–H and O–H groups in total. The maximum atomic E-state index is 10.5. The van der Waals surface area contributed by atoms with Crippen LogP contribution in [-0.2, 0) is 16.0 Å². The van der Waals surface area contributed by atoms with Crippen molar-refractivity contribution < 1.29 is 19.4 Å². The first-order valence-electron chi connectivity index (χ1n) is 5.83. The largest absolute Gasteiger partial charge is 0.481 e. The van der Waals surface area contributed by atoms with Crippen LogP contribution in [0.15, 0.2) is 24.3 Å². The fourth-order valence-corrected chi connectivity index (χ4v) is 1.82. The highest BCUT2D eigenvalue weighted by Crippen LogP contribution is 2.19. The van der Waals surface area contributed by atoms with Crippen molar-refractivity contribution in [3.05, 3.63) is 29.8 Å². The minimum Gasteiger partial charge on any atom is -0.481 e. The van der Waals surface area contributed by atoms with Gasteiger partial charge in [-0.05, 0) is 30.5 Å². The molecule has 92 valence electrons. The zero-order valence-electron chi connectivity index (χ0n) is 9.59. The highest BCUT2D eigenvalue weighted by Gasteiger charge is 2.14. The Kier molecular flexibility index (Phi) is 3.98. The Labute approximate surface area is 100 Å². The van der Waals surface area contributed by atoms with Gasteiger partial charge in [0.05, 0.1) is 13.0 Å². The molecule has 2 rings (SSSR count). The topological polar surface area (TPSA) is 55.8 Å². The smallest absolute Gasteiger partial charge is 0.307 e. The number of hydrogen-bond donors (Lipinski definition) is 1. The second kappa shape index (κ2) is 5.68. The van der Waals surface area contributed by atoms with E-state index < -0.39 is 5.97 Å². The first-order valence-corrected chi connectivity index (χ1v) is 5.83. The summed E-state index contributed by atoms with van der Waals surface area (Å²) >= 11 is 0. The van der Waals surface area contributed by atoms with Crippen LogP contribution in [0, 0.1) is 0 Å². The van der Waals surface area contributed by atoms with Gasteiger partial charge in [-0.2, -0.15) is 0 Å². The molecule has 17 heavy (non-hydrogen) atoms. The van der Waals surface area contributed by atoms with E-state index in [0.717, 1.165) is 37.2 Å². The van der Waals surface area contributed by atoms with Gasteiger partial charge in [0.1, 0.15) is 5.75 Å². The highest BCUT2D eigenvalue weighted by molar-refractivity contribution is 5.70. The Morgan fingerprint density at radius 2 is 2.12 bits per heavy atom. The molecule has 0 bridgehead atoms. The van der Waals surface area contributed by atoms with Gasteiger partial charge in [-0.1, -0.05) is 12.1 Å². The fraction of sp³-hybridized carbons (Fsp3) is 0.462. The molecule has 0 spiro atoms. The zero-order valence-corrected chi connectivity index (χ0v) is 9.59. The van der Waals surface area contributed by atoms with Crippen molar-refractivity contribution in [3.8, 4) is 5.75 Å². The maximum absolute atomic E-state index is 10.5. The summed E-state index contributed by atoms with van der Waals surface area (Å²) in [7, 11) is 0. The van der Waals surface area contributed by atoms with Gasteiger partial charge in [-0.25, -0.2) is 0 Å². The molecule has 1 aliphatic rings. The number of hydrogen-bond acceptors (Lipinski definition) is 3. The Hall–Kier alpha value is -1.55. The molecule has 4 nitrogen and oxygen atoms in total. The van der Waals surface area contributed by atoms with E-state index in [2.05, 4.69) is 0 Å². The molecule has 0 saturated carbocycles. The third kappa shape index (κ3) is 3.75. The second-order valence-electron chi connectivity index (χ2n) is 4.13. The quantitative estimate of drug-likeness (QED) is 0.870. The highest BCUT2D eigenvalue weighted by atomic mass is 16.7. The third-order valence-electron chi connectivity index (χ3n) is 2.68. The average molecular weight is 236 g/mol. The lowest BCUT2D eigenvalue weighted by Gasteiger charge is -2.23. The van der Waals surface area contributed by atoms with Gasteiger partial charge in [-0.3, -0.25) is 4.79 Å². The van der Waals surface area contributed by atoms with Crippen LogP contribution in [0.4, 0.5) is 0 Å². The van der Waals surface area contributed by atoms with Crippen molar-refractivity contribution in [2.24, 2.45) is 0 Å². The molecule has 4 heteroatoms. The second-order valence-corrected chi connectivity index (χ2v) is 4.13. The Bertz CT molecular complexity index is 366. The monoisotopic (exact) mass is 236 g/mol. The maximum Gasteiger partial charge on any atom is 0.307 e. The molecule has 0 unspecified atom stereocenters. The van der Waals surface area contributed by atoms with Gasteiger partial charge < -0.3 is 14.6 Å². The van der Waals surface area contributed by atoms with E-state index in [9.17, 15) is 4.79 Å². The summed E-state index contributed by atoms with van der Waals surface area (Å²) in [6.45, 7) is 0.752. The molecular formula is C13H16O4. The van der Waals surface area contributed by atoms with Crippen molar-refractivity contribution in [1.29, 1.82) is 0 Å². The molecular weight excluding hydrogens is 220 g/mol. The number of rotatable bonds is 4. The number of ether oxygens (including phenoxy) is 2. The van der Waals surface area contributed by atoms with Crippen molar-refractivity contribution >= 4 is 5.97 Å². The number of benzene rings is 1. The van der Waals surface area contributed by atoms with Crippen LogP contribution in [-0.4, -0.2) is 24.0 Å². The fourth-order valence-electron chi connectivity index (χ4n) is 1.82. The summed E-state index contributed by atoms with van der Waals surface area (Å²) in [5, 5.41) is 8.65. The predicted molar refractivity (Wildman–Crippen MR) is 62.0 cm³/mol. The minimum absolute atomic E-state index is 0.0419. The lowest BCUT2D eigenvalue weighted by molar-refractivity contribution is -0.136. The van der Waals surface area contributed by atoms with E-state index in [1.165, 1.54) is 0 Å². The lowest BCUT2D eigenvalue weighted by atomic mass is 10.1. The molecule has 1 aliphatic heterocycles. The van der Waals surface area contributed by atoms with E-state index >= 15 is 0 Å². The van der Waals surface area contributed by atoms with E-state index in [-0.39, 0.29) is 12.7 Å². The Morgan fingerprint density at radius 3 is 2.71 bits per heavy atom. The SMILES string of the molecule is O=C(O)Cc1ccc(O[C@@H]2CCCCO2)cc1. The standard InChI is InChI=1S/C13H16O4/c14-12(15)9-10-4-6-11(7-5-10)17-13-3-1-2-8-16-13/h4-7,13H,1-3,8-9H2,(H,14,15)/t13-/m1/s1. The molecule has 0 amide bonds. The first kappa shape index (κ1) is 11.9. The minimum atomic E-state index is -0.825. The van der Waals surface area contributed by atoms with Crippen molar-refractivity contribution in [1.82, 2.24) is 0 Å². The van der Waals surface area contributed by atoms with Gasteiger partial charge in [0.2, 0.25) is 0 Å². The molecule has 1 aromatic rings. The van der Waals surface area contributed by atoms with Crippen LogP contribution < -0.4 is 4.74 Å². The predicted octanol–water partition coefficient (Wildman–Crippen LogP) is 2.22. The first-order chi connectivity index (χ1) is 8.24. The lowest BCUT2D eigenvalue weighted by Crippen LogP contribution is -2.24. The Balaban J connectivity index is 1.90. The van der Waals surface area contributed by atoms with Crippen LogP contribution in [0.3, 0.4) is 0 Å². The Morgan fingerprint density at radius 1 is 1.35 bits per heavy atom. The summed E-state index contributed by atoms with van der Waals surface area (Å²) in [5.41, 5.74) is 0.773. The number of carboxylic acid groups (broad SMARTS) is 1. The van der Waals surface area contributed by atoms with Crippen LogP contribution in [0.2, 0.25) is 0 Å². The summed E-state index contributed by atoms with van der Waals surface area (Å²) in [6.07, 6.45) is 3.02.